The molecule has 1 rings (SSSR count). The van der Waals surface area contributed by atoms with Crippen LogP contribution in [-0.2, 0) is 6.42 Å². The summed E-state index contributed by atoms with van der Waals surface area (Å²) in [5, 5.41) is 0. The van der Waals surface area contributed by atoms with Crippen molar-refractivity contribution in [2.24, 2.45) is 0 Å². The van der Waals surface area contributed by atoms with Crippen molar-refractivity contribution in [2.75, 3.05) is 0 Å². The zero-order valence-electron chi connectivity index (χ0n) is 15.4. The first-order valence-corrected chi connectivity index (χ1v) is 9.64. The van der Waals surface area contributed by atoms with Crippen LogP contribution in [0.5, 0.6) is 0 Å². The van der Waals surface area contributed by atoms with Gasteiger partial charge in [-0.05, 0) is 31.2 Å². The van der Waals surface area contributed by atoms with Gasteiger partial charge in [-0.25, -0.2) is 17.6 Å². The van der Waals surface area contributed by atoms with E-state index in [1.807, 2.05) is 25.1 Å². The highest BCUT2D eigenvalue weighted by molar-refractivity contribution is 5.14. The van der Waals surface area contributed by atoms with E-state index in [1.54, 1.807) is 0 Å². The van der Waals surface area contributed by atoms with Gasteiger partial charge in [-0.15, -0.1) is 0 Å². The van der Waals surface area contributed by atoms with Crippen molar-refractivity contribution < 1.29 is 17.6 Å². The van der Waals surface area contributed by atoms with Crippen LogP contribution >= 0.6 is 0 Å². The molecule has 0 radical (unpaired) electrons. The van der Waals surface area contributed by atoms with Gasteiger partial charge in [0.05, 0.1) is 0 Å². The van der Waals surface area contributed by atoms with Crippen molar-refractivity contribution in [1.29, 1.82) is 0 Å². The van der Waals surface area contributed by atoms with Crippen molar-refractivity contribution >= 4 is 0 Å². The van der Waals surface area contributed by atoms with E-state index in [0.717, 1.165) is 38.5 Å². The van der Waals surface area contributed by atoms with E-state index in [1.165, 1.54) is 5.56 Å². The third-order valence-electron chi connectivity index (χ3n) is 4.60. The molecule has 144 valence electrons. The monoisotopic (exact) mass is 360 g/mol. The molecule has 0 atom stereocenters. The Balaban J connectivity index is 2.11. The molecule has 0 saturated carbocycles. The van der Waals surface area contributed by atoms with Crippen LogP contribution in [0.25, 0.3) is 0 Å². The normalized spacial score (nSPS) is 12.5. The molecule has 0 aliphatic heterocycles. The fraction of sp³-hybridized carbons (Fsp3) is 0.714. The van der Waals surface area contributed by atoms with Gasteiger partial charge in [0.1, 0.15) is 0 Å². The van der Waals surface area contributed by atoms with Crippen LogP contribution in [0.1, 0.15) is 83.1 Å². The average Bonchev–Trinajstić information content (AvgIpc) is 2.58. The summed E-state index contributed by atoms with van der Waals surface area (Å²) < 4.78 is 54.8. The maximum Gasteiger partial charge on any atom is 0.248 e. The largest absolute Gasteiger partial charge is 0.248 e. The Kier molecular flexibility index (Phi) is 10.1. The first-order valence-electron chi connectivity index (χ1n) is 9.64. The Morgan fingerprint density at radius 2 is 1.16 bits per heavy atom. The van der Waals surface area contributed by atoms with Gasteiger partial charge >= 0.3 is 0 Å². The number of hydrogen-bond acceptors (Lipinski definition) is 0. The highest BCUT2D eigenvalue weighted by Gasteiger charge is 2.35. The van der Waals surface area contributed by atoms with Crippen molar-refractivity contribution in [3.63, 3.8) is 0 Å². The van der Waals surface area contributed by atoms with Crippen LogP contribution in [0.3, 0.4) is 0 Å². The zero-order valence-corrected chi connectivity index (χ0v) is 15.4. The van der Waals surface area contributed by atoms with E-state index in [-0.39, 0.29) is 12.8 Å². The molecule has 0 saturated heterocycles. The fourth-order valence-electron chi connectivity index (χ4n) is 2.96. The lowest BCUT2D eigenvalue weighted by atomic mass is 9.99. The third-order valence-corrected chi connectivity index (χ3v) is 4.60. The Bertz CT molecular complexity index is 442. The van der Waals surface area contributed by atoms with E-state index in [0.29, 0.717) is 12.8 Å². The van der Waals surface area contributed by atoms with Crippen LogP contribution in [0.4, 0.5) is 17.6 Å². The molecule has 0 spiro atoms. The number of hydrogen-bond donors (Lipinski definition) is 0. The Morgan fingerprint density at radius 3 is 1.72 bits per heavy atom. The summed E-state index contributed by atoms with van der Waals surface area (Å²) in [6.45, 7) is 1.94. The van der Waals surface area contributed by atoms with Crippen molar-refractivity contribution in [3.8, 4) is 0 Å². The van der Waals surface area contributed by atoms with E-state index in [2.05, 4.69) is 12.1 Å². The van der Waals surface area contributed by atoms with Gasteiger partial charge in [0.2, 0.25) is 11.8 Å². The number of halogens is 4. The molecule has 1 aromatic rings. The first-order chi connectivity index (χ1) is 11.8. The molecule has 0 aliphatic carbocycles. The van der Waals surface area contributed by atoms with Crippen molar-refractivity contribution in [3.05, 3.63) is 35.9 Å². The van der Waals surface area contributed by atoms with Gasteiger partial charge < -0.3 is 0 Å². The molecular weight excluding hydrogens is 328 g/mol. The molecule has 0 amide bonds. The Morgan fingerprint density at radius 1 is 0.640 bits per heavy atom. The molecule has 0 bridgehead atoms. The zero-order chi connectivity index (χ0) is 18.6. The molecule has 25 heavy (non-hydrogen) atoms. The average molecular weight is 360 g/mol. The molecule has 0 nitrogen and oxygen atoms in total. The van der Waals surface area contributed by atoms with Gasteiger partial charge in [-0.2, -0.15) is 0 Å². The van der Waals surface area contributed by atoms with Crippen LogP contribution in [0.2, 0.25) is 0 Å². The second kappa shape index (κ2) is 11.5. The highest BCUT2D eigenvalue weighted by atomic mass is 19.3. The summed E-state index contributed by atoms with van der Waals surface area (Å²) in [4.78, 5) is 0. The van der Waals surface area contributed by atoms with Gasteiger partial charge in [-0.3, -0.25) is 0 Å². The smallest absolute Gasteiger partial charge is 0.207 e. The van der Waals surface area contributed by atoms with Crippen molar-refractivity contribution in [2.45, 2.75) is 95.8 Å². The molecule has 0 fully saturated rings. The first kappa shape index (κ1) is 22.0. The van der Waals surface area contributed by atoms with Gasteiger partial charge in [-0.1, -0.05) is 62.9 Å². The maximum atomic E-state index is 13.8. The van der Waals surface area contributed by atoms with Crippen LogP contribution < -0.4 is 0 Å². The minimum atomic E-state index is -2.96. The van der Waals surface area contributed by atoms with Gasteiger partial charge in [0, 0.05) is 25.7 Å². The predicted molar refractivity (Wildman–Crippen MR) is 96.5 cm³/mol. The summed E-state index contributed by atoms with van der Waals surface area (Å²) in [5.41, 5.74) is 1.26. The number of rotatable bonds is 14. The van der Waals surface area contributed by atoms with E-state index < -0.39 is 24.7 Å². The predicted octanol–water partition coefficient (Wildman–Crippen LogP) is 7.81. The minimum Gasteiger partial charge on any atom is -0.207 e. The lowest BCUT2D eigenvalue weighted by molar-refractivity contribution is -0.0720. The van der Waals surface area contributed by atoms with E-state index in [4.69, 9.17) is 0 Å². The van der Waals surface area contributed by atoms with Crippen LogP contribution in [0, 0.1) is 0 Å². The van der Waals surface area contributed by atoms with Crippen molar-refractivity contribution in [1.82, 2.24) is 0 Å². The molecule has 0 aromatic heterocycles. The SMILES string of the molecule is CCCCCC(F)(F)CCC(F)(F)CCCCCCc1ccccc1. The number of benzene rings is 1. The summed E-state index contributed by atoms with van der Waals surface area (Å²) in [6.07, 6.45) is 4.04. The standard InChI is InChI=1S/C21H32F4/c1-2-3-10-15-20(22,23)17-18-21(24,25)16-11-5-4-7-12-19-13-8-6-9-14-19/h6,8-9,13-14H,2-5,7,10-12,15-18H2,1H3. The lowest BCUT2D eigenvalue weighted by Crippen LogP contribution is -2.23. The Hall–Kier alpha value is -1.06. The second-order valence-corrected chi connectivity index (χ2v) is 7.07. The number of alkyl halides is 4. The van der Waals surface area contributed by atoms with Crippen LogP contribution in [0.15, 0.2) is 30.3 Å². The number of unbranched alkanes of at least 4 members (excludes halogenated alkanes) is 5. The number of aryl methyl sites for hydroxylation is 1. The molecular formula is C21H32F4. The maximum absolute atomic E-state index is 13.8. The van der Waals surface area contributed by atoms with Gasteiger partial charge in [0.15, 0.2) is 0 Å². The van der Waals surface area contributed by atoms with Crippen LogP contribution in [-0.4, -0.2) is 11.8 Å². The summed E-state index contributed by atoms with van der Waals surface area (Å²) in [6, 6.07) is 10.1. The molecule has 0 heterocycles. The van der Waals surface area contributed by atoms with E-state index in [9.17, 15) is 17.6 Å². The third kappa shape index (κ3) is 11.2. The molecule has 0 unspecified atom stereocenters. The minimum absolute atomic E-state index is 0.267. The van der Waals surface area contributed by atoms with Gasteiger partial charge in [0.25, 0.3) is 0 Å². The Labute approximate surface area is 150 Å². The summed E-state index contributed by atoms with van der Waals surface area (Å²) in [5.74, 6) is -5.91. The van der Waals surface area contributed by atoms with E-state index >= 15 is 0 Å². The quantitative estimate of drug-likeness (QED) is 0.234. The highest BCUT2D eigenvalue weighted by Crippen LogP contribution is 2.34. The topological polar surface area (TPSA) is 0 Å². The summed E-state index contributed by atoms with van der Waals surface area (Å²) in [7, 11) is 0. The molecule has 0 N–H and O–H groups in total. The fourth-order valence-corrected chi connectivity index (χ4v) is 2.96. The summed E-state index contributed by atoms with van der Waals surface area (Å²) >= 11 is 0. The molecule has 0 aliphatic rings. The lowest BCUT2D eigenvalue weighted by Gasteiger charge is -2.21. The molecule has 1 aromatic carbocycles. The molecule has 4 heteroatoms. The second-order valence-electron chi connectivity index (χ2n) is 7.07.